The van der Waals surface area contributed by atoms with Gasteiger partial charge in [0, 0.05) is 24.2 Å². The molecule has 1 aliphatic rings. The van der Waals surface area contributed by atoms with Gasteiger partial charge in [0.1, 0.15) is 18.5 Å². The number of aromatic nitrogens is 3. The van der Waals surface area contributed by atoms with Crippen LogP contribution in [0, 0.1) is 0 Å². The van der Waals surface area contributed by atoms with Crippen molar-refractivity contribution in [2.24, 2.45) is 0 Å². The Morgan fingerprint density at radius 2 is 1.92 bits per heavy atom. The van der Waals surface area contributed by atoms with Gasteiger partial charge in [0.25, 0.3) is 0 Å². The number of rotatable bonds is 7. The van der Waals surface area contributed by atoms with Gasteiger partial charge in [-0.15, -0.1) is 0 Å². The summed E-state index contributed by atoms with van der Waals surface area (Å²) in [5.74, 6) is 1.30. The number of hydrogen-bond acceptors (Lipinski definition) is 6. The summed E-state index contributed by atoms with van der Waals surface area (Å²) in [5, 5.41) is 0. The van der Waals surface area contributed by atoms with E-state index in [0.717, 1.165) is 35.3 Å². The Hall–Kier alpha value is -3.15. The summed E-state index contributed by atoms with van der Waals surface area (Å²) >= 11 is 0. The highest BCUT2D eigenvalue weighted by molar-refractivity contribution is 5.66. The molecule has 0 aliphatic heterocycles. The van der Waals surface area contributed by atoms with Crippen LogP contribution in [0.25, 0.3) is 11.1 Å². The molecule has 6 nitrogen and oxygen atoms in total. The highest BCUT2D eigenvalue weighted by Crippen LogP contribution is 2.31. The molecule has 4 rings (SSSR count). The zero-order valence-corrected chi connectivity index (χ0v) is 14.5. The van der Waals surface area contributed by atoms with Gasteiger partial charge in [-0.3, -0.25) is 4.98 Å². The molecular weight excluding hydrogens is 330 g/mol. The average molecular weight is 349 g/mol. The van der Waals surface area contributed by atoms with Gasteiger partial charge in [-0.05, 0) is 36.6 Å². The van der Waals surface area contributed by atoms with Crippen molar-refractivity contribution < 1.29 is 14.2 Å². The van der Waals surface area contributed by atoms with Crippen LogP contribution >= 0.6 is 0 Å². The van der Waals surface area contributed by atoms with Gasteiger partial charge < -0.3 is 14.2 Å². The Morgan fingerprint density at radius 1 is 1.08 bits per heavy atom. The van der Waals surface area contributed by atoms with Crippen LogP contribution in [-0.2, 0) is 6.61 Å². The van der Waals surface area contributed by atoms with Crippen LogP contribution in [0.15, 0.2) is 55.0 Å². The number of pyridine rings is 1. The van der Waals surface area contributed by atoms with Gasteiger partial charge in [-0.25, -0.2) is 4.98 Å². The third kappa shape index (κ3) is 3.91. The lowest BCUT2D eigenvalue weighted by Crippen LogP contribution is -2.05. The van der Waals surface area contributed by atoms with Crippen LogP contribution < -0.4 is 14.2 Å². The zero-order valence-electron chi connectivity index (χ0n) is 14.5. The molecule has 0 saturated heterocycles. The number of ether oxygens (including phenoxy) is 3. The number of hydrogen-bond donors (Lipinski definition) is 0. The standard InChI is InChI=1S/C20H19N3O3/c1-24-16-6-4-14(5-7-16)13-25-19-18(15-3-2-10-21-11-15)12-22-20(23-19)26-17-8-9-17/h2-7,10-12,17H,8-9,13H2,1H3. The first-order chi connectivity index (χ1) is 12.8. The molecule has 0 atom stereocenters. The number of benzene rings is 1. The monoisotopic (exact) mass is 349 g/mol. The third-order valence-electron chi connectivity index (χ3n) is 4.04. The van der Waals surface area contributed by atoms with Gasteiger partial charge in [-0.1, -0.05) is 18.2 Å². The SMILES string of the molecule is COc1ccc(COc2nc(OC3CC3)ncc2-c2cccnc2)cc1. The first-order valence-electron chi connectivity index (χ1n) is 8.51. The Kier molecular flexibility index (Phi) is 4.64. The molecule has 1 aliphatic carbocycles. The van der Waals surface area contributed by atoms with Crippen LogP contribution in [0.3, 0.4) is 0 Å². The number of nitrogens with zero attached hydrogens (tertiary/aromatic N) is 3. The minimum atomic E-state index is 0.230. The summed E-state index contributed by atoms with van der Waals surface area (Å²) in [6.45, 7) is 0.386. The van der Waals surface area contributed by atoms with Gasteiger partial charge in [-0.2, -0.15) is 4.98 Å². The van der Waals surface area contributed by atoms with E-state index in [1.54, 1.807) is 25.7 Å². The first-order valence-corrected chi connectivity index (χ1v) is 8.51. The molecule has 0 unspecified atom stereocenters. The predicted molar refractivity (Wildman–Crippen MR) is 96.2 cm³/mol. The molecule has 1 fully saturated rings. The average Bonchev–Trinajstić information content (AvgIpc) is 3.51. The van der Waals surface area contributed by atoms with Crippen molar-refractivity contribution in [3.05, 3.63) is 60.6 Å². The summed E-state index contributed by atoms with van der Waals surface area (Å²) < 4.78 is 16.9. The van der Waals surface area contributed by atoms with Crippen molar-refractivity contribution in [2.75, 3.05) is 7.11 Å². The second kappa shape index (κ2) is 7.39. The lowest BCUT2D eigenvalue weighted by molar-refractivity contribution is 0.258. The molecule has 1 saturated carbocycles. The molecule has 0 bridgehead atoms. The zero-order chi connectivity index (χ0) is 17.8. The Bertz CT molecular complexity index is 865. The second-order valence-corrected chi connectivity index (χ2v) is 6.07. The van der Waals surface area contributed by atoms with E-state index >= 15 is 0 Å². The molecule has 132 valence electrons. The largest absolute Gasteiger partial charge is 0.497 e. The molecule has 0 spiro atoms. The topological polar surface area (TPSA) is 66.4 Å². The first kappa shape index (κ1) is 16.3. The number of methoxy groups -OCH3 is 1. The summed E-state index contributed by atoms with van der Waals surface area (Å²) in [6, 6.07) is 11.9. The van der Waals surface area contributed by atoms with Crippen molar-refractivity contribution in [2.45, 2.75) is 25.6 Å². The second-order valence-electron chi connectivity index (χ2n) is 6.07. The van der Waals surface area contributed by atoms with Crippen LogP contribution in [0.1, 0.15) is 18.4 Å². The molecule has 3 aromatic rings. The maximum atomic E-state index is 5.99. The smallest absolute Gasteiger partial charge is 0.319 e. The van der Waals surface area contributed by atoms with E-state index in [9.17, 15) is 0 Å². The maximum absolute atomic E-state index is 5.99. The van der Waals surface area contributed by atoms with Gasteiger partial charge in [0.15, 0.2) is 0 Å². The molecule has 1 aromatic carbocycles. The molecule has 2 heterocycles. The van der Waals surface area contributed by atoms with Gasteiger partial charge in [0.2, 0.25) is 5.88 Å². The molecule has 0 radical (unpaired) electrons. The van der Waals surface area contributed by atoms with Crippen molar-refractivity contribution in [3.8, 4) is 28.8 Å². The summed E-state index contributed by atoms with van der Waals surface area (Å²) in [6.07, 6.45) is 7.55. The normalized spacial score (nSPS) is 13.3. The van der Waals surface area contributed by atoms with Crippen molar-refractivity contribution in [1.82, 2.24) is 15.0 Å². The summed E-state index contributed by atoms with van der Waals surface area (Å²) in [4.78, 5) is 13.0. The van der Waals surface area contributed by atoms with E-state index in [1.807, 2.05) is 36.4 Å². The van der Waals surface area contributed by atoms with Crippen molar-refractivity contribution >= 4 is 0 Å². The maximum Gasteiger partial charge on any atom is 0.319 e. The fraction of sp³-hybridized carbons (Fsp3) is 0.250. The summed E-state index contributed by atoms with van der Waals surface area (Å²) in [5.41, 5.74) is 2.70. The lowest BCUT2D eigenvalue weighted by atomic mass is 10.1. The van der Waals surface area contributed by atoms with E-state index in [4.69, 9.17) is 14.2 Å². The van der Waals surface area contributed by atoms with Crippen LogP contribution in [-0.4, -0.2) is 28.2 Å². The Balaban J connectivity index is 1.58. The fourth-order valence-corrected chi connectivity index (χ4v) is 2.45. The van der Waals surface area contributed by atoms with E-state index in [2.05, 4.69) is 15.0 Å². The van der Waals surface area contributed by atoms with Gasteiger partial charge >= 0.3 is 6.01 Å². The molecule has 0 N–H and O–H groups in total. The molecule has 2 aromatic heterocycles. The van der Waals surface area contributed by atoms with E-state index in [0.29, 0.717) is 18.5 Å². The van der Waals surface area contributed by atoms with Crippen molar-refractivity contribution in [1.29, 1.82) is 0 Å². The van der Waals surface area contributed by atoms with E-state index < -0.39 is 0 Å². The van der Waals surface area contributed by atoms with Gasteiger partial charge in [0.05, 0.1) is 12.7 Å². The molecular formula is C20H19N3O3. The van der Waals surface area contributed by atoms with Crippen LogP contribution in [0.2, 0.25) is 0 Å². The van der Waals surface area contributed by atoms with E-state index in [-0.39, 0.29) is 6.10 Å². The quantitative estimate of drug-likeness (QED) is 0.648. The predicted octanol–water partition coefficient (Wildman–Crippen LogP) is 3.67. The Morgan fingerprint density at radius 3 is 2.62 bits per heavy atom. The van der Waals surface area contributed by atoms with E-state index in [1.165, 1.54) is 0 Å². The van der Waals surface area contributed by atoms with Crippen LogP contribution in [0.5, 0.6) is 17.6 Å². The molecule has 0 amide bonds. The highest BCUT2D eigenvalue weighted by Gasteiger charge is 2.25. The van der Waals surface area contributed by atoms with Crippen LogP contribution in [0.4, 0.5) is 0 Å². The van der Waals surface area contributed by atoms with Crippen molar-refractivity contribution in [3.63, 3.8) is 0 Å². The molecule has 6 heteroatoms. The Labute approximate surface area is 151 Å². The molecule has 26 heavy (non-hydrogen) atoms. The minimum absolute atomic E-state index is 0.230. The highest BCUT2D eigenvalue weighted by atomic mass is 16.5. The third-order valence-corrected chi connectivity index (χ3v) is 4.04. The minimum Gasteiger partial charge on any atom is -0.497 e. The fourth-order valence-electron chi connectivity index (χ4n) is 2.45. The summed E-state index contributed by atoms with van der Waals surface area (Å²) in [7, 11) is 1.65. The lowest BCUT2D eigenvalue weighted by Gasteiger charge is -2.12.